The van der Waals surface area contributed by atoms with Gasteiger partial charge in [0, 0.05) is 13.0 Å². The Labute approximate surface area is 370 Å². The third kappa shape index (κ3) is 31.1. The van der Waals surface area contributed by atoms with E-state index >= 15 is 0 Å². The summed E-state index contributed by atoms with van der Waals surface area (Å²) in [5.74, 6) is -0.491. The van der Waals surface area contributed by atoms with Crippen molar-refractivity contribution in [2.24, 2.45) is 0 Å². The van der Waals surface area contributed by atoms with Crippen LogP contribution in [0, 0.1) is 0 Å². The molecule has 13 heteroatoms. The number of hydrogen-bond acceptors (Lipinski definition) is 11. The normalized spacial score (nSPS) is 22.4. The highest BCUT2D eigenvalue weighted by molar-refractivity contribution is 7.47. The van der Waals surface area contributed by atoms with Crippen LogP contribution in [0.5, 0.6) is 0 Å². The Morgan fingerprint density at radius 1 is 0.525 bits per heavy atom. The summed E-state index contributed by atoms with van der Waals surface area (Å²) in [5, 5.41) is 50.2. The Balaban J connectivity index is 2.36. The van der Waals surface area contributed by atoms with E-state index in [0.29, 0.717) is 13.0 Å². The molecule has 1 aliphatic rings. The predicted octanol–water partition coefficient (Wildman–Crippen LogP) is 10.3. The van der Waals surface area contributed by atoms with Gasteiger partial charge < -0.3 is 39.9 Å². The summed E-state index contributed by atoms with van der Waals surface area (Å²) >= 11 is 0. The first kappa shape index (κ1) is 57.6. The molecule has 0 radical (unpaired) electrons. The van der Waals surface area contributed by atoms with E-state index in [9.17, 15) is 39.8 Å². The first-order chi connectivity index (χ1) is 29.5. The first-order valence-electron chi connectivity index (χ1n) is 24.3. The summed E-state index contributed by atoms with van der Waals surface area (Å²) in [6, 6.07) is 0. The molecule has 6 N–H and O–H groups in total. The maximum absolute atomic E-state index is 12.8. The molecule has 1 saturated carbocycles. The van der Waals surface area contributed by atoms with Crippen LogP contribution in [0.2, 0.25) is 0 Å². The van der Waals surface area contributed by atoms with Crippen molar-refractivity contribution >= 4 is 13.8 Å². The third-order valence-electron chi connectivity index (χ3n) is 11.2. The number of aliphatic hydroxyl groups excluding tert-OH is 5. The van der Waals surface area contributed by atoms with E-state index < -0.39 is 63.1 Å². The minimum absolute atomic E-state index is 0.0823. The van der Waals surface area contributed by atoms with Crippen LogP contribution < -0.4 is 0 Å². The molecule has 0 spiro atoms. The molecule has 6 atom stereocenters. The Hall–Kier alpha value is -1.44. The van der Waals surface area contributed by atoms with E-state index in [0.717, 1.165) is 64.2 Å². The number of rotatable bonds is 41. The second kappa shape index (κ2) is 39.0. The monoisotopic (exact) mass is 889 g/mol. The van der Waals surface area contributed by atoms with E-state index in [1.54, 1.807) is 0 Å². The standard InChI is InChI=1S/C48H89O12P/c1-3-5-7-9-11-13-15-17-19-20-21-22-23-24-26-28-30-32-34-36-38-57-39-41(40-58-61(55,56)60-48-46(53)44(51)43(50)45(52)47(48)54)59-42(49)37-35-33-31-29-27-25-18-16-14-12-10-8-6-4-2/h10,12,16-19,41,43-48,50-54H,3-9,11,13-15,20-40H2,1-2H3,(H,55,56)/b12-10-,18-16-,19-17-. The van der Waals surface area contributed by atoms with Gasteiger partial charge in [0.15, 0.2) is 0 Å². The number of phosphoric ester groups is 1. The van der Waals surface area contributed by atoms with Crippen molar-refractivity contribution in [2.75, 3.05) is 19.8 Å². The second-order valence-electron chi connectivity index (χ2n) is 17.0. The number of esters is 1. The summed E-state index contributed by atoms with van der Waals surface area (Å²) < 4.78 is 34.2. The second-order valence-corrected chi connectivity index (χ2v) is 18.4. The number of allylic oxidation sites excluding steroid dienone is 6. The molecule has 0 amide bonds. The lowest BCUT2D eigenvalue weighted by Gasteiger charge is -2.41. The fourth-order valence-corrected chi connectivity index (χ4v) is 8.28. The highest BCUT2D eigenvalue weighted by Crippen LogP contribution is 2.47. The Morgan fingerprint density at radius 2 is 0.934 bits per heavy atom. The molecule has 12 nitrogen and oxygen atoms in total. The van der Waals surface area contributed by atoms with Gasteiger partial charge in [-0.3, -0.25) is 13.8 Å². The zero-order chi connectivity index (χ0) is 44.8. The molecule has 0 aromatic rings. The molecule has 358 valence electrons. The van der Waals surface area contributed by atoms with Crippen molar-refractivity contribution in [3.8, 4) is 0 Å². The van der Waals surface area contributed by atoms with Crippen LogP contribution in [0.3, 0.4) is 0 Å². The fraction of sp³-hybridized carbons (Fsp3) is 0.854. The Bertz CT molecular complexity index is 1150. The number of unbranched alkanes of at least 4 members (excludes halogenated alkanes) is 23. The van der Waals surface area contributed by atoms with Crippen LogP contribution in [0.25, 0.3) is 0 Å². The maximum Gasteiger partial charge on any atom is 0.472 e. The smallest absolute Gasteiger partial charge is 0.457 e. The van der Waals surface area contributed by atoms with E-state index in [-0.39, 0.29) is 13.0 Å². The zero-order valence-electron chi connectivity index (χ0n) is 38.2. The van der Waals surface area contributed by atoms with Crippen LogP contribution in [0.1, 0.15) is 200 Å². The molecule has 0 aromatic carbocycles. The van der Waals surface area contributed by atoms with Crippen molar-refractivity contribution < 1.29 is 58.3 Å². The summed E-state index contributed by atoms with van der Waals surface area (Å²) in [6.45, 7) is 4.21. The Morgan fingerprint density at radius 3 is 1.44 bits per heavy atom. The van der Waals surface area contributed by atoms with Gasteiger partial charge in [-0.05, 0) is 64.2 Å². The molecule has 1 fully saturated rings. The van der Waals surface area contributed by atoms with Crippen molar-refractivity contribution in [1.82, 2.24) is 0 Å². The molecule has 0 aromatic heterocycles. The van der Waals surface area contributed by atoms with Crippen LogP contribution >= 0.6 is 7.82 Å². The van der Waals surface area contributed by atoms with Gasteiger partial charge >= 0.3 is 13.8 Å². The summed E-state index contributed by atoms with van der Waals surface area (Å²) in [6.07, 6.45) is 33.5. The molecule has 0 bridgehead atoms. The minimum Gasteiger partial charge on any atom is -0.457 e. The highest BCUT2D eigenvalue weighted by Gasteiger charge is 2.51. The molecule has 0 aliphatic heterocycles. The van der Waals surface area contributed by atoms with Crippen molar-refractivity contribution in [3.63, 3.8) is 0 Å². The third-order valence-corrected chi connectivity index (χ3v) is 12.2. The topological polar surface area (TPSA) is 192 Å². The van der Waals surface area contributed by atoms with Crippen LogP contribution in [-0.4, -0.2) is 98.9 Å². The molecular weight excluding hydrogens is 799 g/mol. The summed E-state index contributed by atoms with van der Waals surface area (Å²) in [7, 11) is -5.02. The van der Waals surface area contributed by atoms with Crippen LogP contribution in [-0.2, 0) is 27.9 Å². The Kier molecular flexibility index (Phi) is 36.8. The van der Waals surface area contributed by atoms with Gasteiger partial charge in [0.2, 0.25) is 0 Å². The first-order valence-corrected chi connectivity index (χ1v) is 25.8. The summed E-state index contributed by atoms with van der Waals surface area (Å²) in [4.78, 5) is 23.2. The van der Waals surface area contributed by atoms with Gasteiger partial charge in [0.05, 0.1) is 13.2 Å². The fourth-order valence-electron chi connectivity index (χ4n) is 7.31. The molecule has 0 saturated heterocycles. The van der Waals surface area contributed by atoms with Crippen molar-refractivity contribution in [3.05, 3.63) is 36.5 Å². The molecule has 6 unspecified atom stereocenters. The highest BCUT2D eigenvalue weighted by atomic mass is 31.2. The van der Waals surface area contributed by atoms with Crippen LogP contribution in [0.15, 0.2) is 36.5 Å². The van der Waals surface area contributed by atoms with Gasteiger partial charge in [-0.25, -0.2) is 4.57 Å². The average Bonchev–Trinajstić information content (AvgIpc) is 3.24. The van der Waals surface area contributed by atoms with Crippen LogP contribution in [0.4, 0.5) is 0 Å². The number of carbonyl (C=O) groups excluding carboxylic acids is 1. The summed E-state index contributed by atoms with van der Waals surface area (Å²) in [5.41, 5.74) is 0. The number of ether oxygens (including phenoxy) is 2. The van der Waals surface area contributed by atoms with Gasteiger partial charge in [-0.2, -0.15) is 0 Å². The van der Waals surface area contributed by atoms with Gasteiger partial charge in [-0.1, -0.05) is 166 Å². The molecular formula is C48H89O12P. The number of hydrogen-bond donors (Lipinski definition) is 6. The largest absolute Gasteiger partial charge is 0.472 e. The van der Waals surface area contributed by atoms with Gasteiger partial charge in [0.25, 0.3) is 0 Å². The number of carbonyl (C=O) groups is 1. The van der Waals surface area contributed by atoms with Gasteiger partial charge in [-0.15, -0.1) is 0 Å². The average molecular weight is 889 g/mol. The minimum atomic E-state index is -5.02. The van der Waals surface area contributed by atoms with Crippen molar-refractivity contribution in [1.29, 1.82) is 0 Å². The SMILES string of the molecule is CCCC/C=C\C/C=C\CCCCCCCC(=O)OC(COCCCCCCCCCCCC/C=C\CCCCCCCC)COP(=O)(O)OC1C(O)C(O)C(O)C(O)C1O. The number of aliphatic hydroxyl groups is 5. The lowest BCUT2D eigenvalue weighted by atomic mass is 9.85. The number of phosphoric acid groups is 1. The van der Waals surface area contributed by atoms with Gasteiger partial charge in [0.1, 0.15) is 42.7 Å². The van der Waals surface area contributed by atoms with E-state index in [4.69, 9.17) is 18.5 Å². The van der Waals surface area contributed by atoms with E-state index in [1.807, 2.05) is 0 Å². The quantitative estimate of drug-likeness (QED) is 0.0148. The molecule has 1 aliphatic carbocycles. The lowest BCUT2D eigenvalue weighted by Crippen LogP contribution is -2.64. The maximum atomic E-state index is 12.8. The van der Waals surface area contributed by atoms with E-state index in [1.165, 1.54) is 109 Å². The molecule has 1 rings (SSSR count). The van der Waals surface area contributed by atoms with Crippen molar-refractivity contribution in [2.45, 2.75) is 243 Å². The lowest BCUT2D eigenvalue weighted by molar-refractivity contribution is -0.220. The zero-order valence-corrected chi connectivity index (χ0v) is 39.1. The molecule has 0 heterocycles. The van der Waals surface area contributed by atoms with E-state index in [2.05, 4.69) is 50.3 Å². The molecule has 61 heavy (non-hydrogen) atoms. The predicted molar refractivity (Wildman–Crippen MR) is 244 cm³/mol.